The van der Waals surface area contributed by atoms with Gasteiger partial charge in [0.1, 0.15) is 0 Å². The first-order valence-corrected chi connectivity index (χ1v) is 6.96. The topological polar surface area (TPSA) is 75.4 Å². The number of hydrogen-bond donors (Lipinski definition) is 3. The van der Waals surface area contributed by atoms with Gasteiger partial charge in [0, 0.05) is 6.42 Å². The van der Waals surface area contributed by atoms with Crippen LogP contribution in [0.3, 0.4) is 0 Å². The first-order chi connectivity index (χ1) is 9.10. The van der Waals surface area contributed by atoms with E-state index in [1.807, 2.05) is 24.3 Å². The number of carbonyl (C=O) groups excluding carboxylic acids is 1. The van der Waals surface area contributed by atoms with Crippen LogP contribution >= 0.6 is 0 Å². The Bertz CT molecular complexity index is 495. The van der Waals surface area contributed by atoms with Crippen LogP contribution in [0.5, 0.6) is 0 Å². The van der Waals surface area contributed by atoms with Gasteiger partial charge in [0.15, 0.2) is 0 Å². The minimum Gasteiger partial charge on any atom is -0.390 e. The first kappa shape index (κ1) is 12.6. The minimum absolute atomic E-state index is 0.120. The van der Waals surface area contributed by atoms with Crippen molar-refractivity contribution in [3.05, 3.63) is 35.4 Å². The largest absolute Gasteiger partial charge is 0.390 e. The molecule has 0 spiro atoms. The van der Waals surface area contributed by atoms with Gasteiger partial charge in [0.2, 0.25) is 5.91 Å². The quantitative estimate of drug-likeness (QED) is 0.743. The zero-order chi connectivity index (χ0) is 13.5. The molecule has 0 aliphatic heterocycles. The summed E-state index contributed by atoms with van der Waals surface area (Å²) in [6, 6.07) is 7.54. The van der Waals surface area contributed by atoms with Crippen LogP contribution in [0.15, 0.2) is 24.3 Å². The predicted octanol–water partition coefficient (Wildman–Crippen LogP) is 1.03. The van der Waals surface area contributed by atoms with Crippen LogP contribution < -0.4 is 11.1 Å². The van der Waals surface area contributed by atoms with Crippen LogP contribution in [0.4, 0.5) is 0 Å². The van der Waals surface area contributed by atoms with Crippen LogP contribution in [0.25, 0.3) is 0 Å². The number of nitrogens with two attached hydrogens (primary N) is 1. The average molecular weight is 260 g/mol. The van der Waals surface area contributed by atoms with Gasteiger partial charge in [-0.2, -0.15) is 0 Å². The maximum absolute atomic E-state index is 12.3. The Morgan fingerprint density at radius 3 is 2.74 bits per heavy atom. The molecular formula is C15H20N2O2. The molecule has 1 aromatic rings. The number of hydrogen-bond acceptors (Lipinski definition) is 3. The lowest BCUT2D eigenvalue weighted by molar-refractivity contribution is -0.127. The second-order valence-corrected chi connectivity index (χ2v) is 5.78. The fourth-order valence-corrected chi connectivity index (χ4v) is 3.27. The van der Waals surface area contributed by atoms with E-state index < -0.39 is 11.6 Å². The summed E-state index contributed by atoms with van der Waals surface area (Å²) < 4.78 is 0. The zero-order valence-corrected chi connectivity index (χ0v) is 10.9. The molecule has 4 N–H and O–H groups in total. The molecule has 0 heterocycles. The summed E-state index contributed by atoms with van der Waals surface area (Å²) in [5, 5.41) is 13.1. The van der Waals surface area contributed by atoms with Gasteiger partial charge < -0.3 is 16.2 Å². The number of carbonyl (C=O) groups is 1. The first-order valence-electron chi connectivity index (χ1n) is 6.96. The van der Waals surface area contributed by atoms with E-state index in [0.29, 0.717) is 6.42 Å². The van der Waals surface area contributed by atoms with E-state index in [-0.39, 0.29) is 11.9 Å². The van der Waals surface area contributed by atoms with E-state index in [9.17, 15) is 9.90 Å². The van der Waals surface area contributed by atoms with E-state index in [1.165, 1.54) is 0 Å². The molecule has 1 saturated carbocycles. The Morgan fingerprint density at radius 1 is 1.32 bits per heavy atom. The molecule has 19 heavy (non-hydrogen) atoms. The zero-order valence-electron chi connectivity index (χ0n) is 10.9. The van der Waals surface area contributed by atoms with E-state index in [1.54, 1.807) is 0 Å². The van der Waals surface area contributed by atoms with Gasteiger partial charge in [-0.1, -0.05) is 37.1 Å². The monoisotopic (exact) mass is 260 g/mol. The number of aliphatic hydroxyl groups is 1. The van der Waals surface area contributed by atoms with Crippen molar-refractivity contribution >= 4 is 5.91 Å². The fourth-order valence-electron chi connectivity index (χ4n) is 3.27. The van der Waals surface area contributed by atoms with Crippen LogP contribution in [0.1, 0.15) is 42.9 Å². The molecular weight excluding hydrogens is 240 g/mol. The Morgan fingerprint density at radius 2 is 2.00 bits per heavy atom. The highest BCUT2D eigenvalue weighted by Gasteiger charge is 2.40. The van der Waals surface area contributed by atoms with Gasteiger partial charge >= 0.3 is 0 Å². The van der Waals surface area contributed by atoms with Crippen LogP contribution in [-0.4, -0.2) is 22.7 Å². The molecule has 2 aliphatic rings. The molecule has 0 aromatic heterocycles. The molecule has 4 nitrogen and oxygen atoms in total. The van der Waals surface area contributed by atoms with Crippen molar-refractivity contribution in [1.82, 2.24) is 5.32 Å². The Hall–Kier alpha value is -1.39. The molecule has 0 unspecified atom stereocenters. The Kier molecular flexibility index (Phi) is 3.07. The maximum atomic E-state index is 12.3. The maximum Gasteiger partial charge on any atom is 0.240 e. The van der Waals surface area contributed by atoms with E-state index in [0.717, 1.165) is 36.8 Å². The summed E-state index contributed by atoms with van der Waals surface area (Å²) in [7, 11) is 0. The number of fused-ring (bicyclic) bond motifs is 1. The van der Waals surface area contributed by atoms with E-state index >= 15 is 0 Å². The Labute approximate surface area is 113 Å². The van der Waals surface area contributed by atoms with Crippen molar-refractivity contribution in [2.45, 2.75) is 49.8 Å². The second-order valence-electron chi connectivity index (χ2n) is 5.78. The Balaban J connectivity index is 1.78. The van der Waals surface area contributed by atoms with Crippen molar-refractivity contribution in [1.29, 1.82) is 0 Å². The van der Waals surface area contributed by atoms with Crippen molar-refractivity contribution in [2.24, 2.45) is 5.73 Å². The minimum atomic E-state index is -0.739. The van der Waals surface area contributed by atoms with E-state index in [4.69, 9.17) is 5.73 Å². The summed E-state index contributed by atoms with van der Waals surface area (Å²) in [4.78, 5) is 12.3. The lowest BCUT2D eigenvalue weighted by Gasteiger charge is -2.26. The summed E-state index contributed by atoms with van der Waals surface area (Å²) >= 11 is 0. The van der Waals surface area contributed by atoms with Crippen LogP contribution in [-0.2, 0) is 11.2 Å². The SMILES string of the molecule is NC1(C(=O)N[C@H]2c3ccccc3C[C@H]2O)CCCC1. The standard InChI is InChI=1S/C15H20N2O2/c16-15(7-3-4-8-15)14(19)17-13-11-6-2-1-5-10(11)9-12(13)18/h1-2,5-6,12-13,18H,3-4,7-9,16H2,(H,17,19)/t12-,13+/m1/s1. The van der Waals surface area contributed by atoms with Gasteiger partial charge in [-0.25, -0.2) is 0 Å². The lowest BCUT2D eigenvalue weighted by Crippen LogP contribution is -2.53. The average Bonchev–Trinajstić information content (AvgIpc) is 2.96. The lowest BCUT2D eigenvalue weighted by atomic mass is 9.97. The van der Waals surface area contributed by atoms with Gasteiger partial charge in [-0.15, -0.1) is 0 Å². The van der Waals surface area contributed by atoms with Crippen LogP contribution in [0, 0.1) is 0 Å². The third kappa shape index (κ3) is 2.15. The normalized spacial score (nSPS) is 28.1. The highest BCUT2D eigenvalue weighted by Crippen LogP contribution is 2.33. The van der Waals surface area contributed by atoms with Gasteiger partial charge in [-0.05, 0) is 24.0 Å². The highest BCUT2D eigenvalue weighted by molar-refractivity contribution is 5.87. The third-order valence-electron chi connectivity index (χ3n) is 4.44. The van der Waals surface area contributed by atoms with Crippen molar-refractivity contribution < 1.29 is 9.90 Å². The predicted molar refractivity (Wildman–Crippen MR) is 72.4 cm³/mol. The number of nitrogens with one attached hydrogen (secondary N) is 1. The molecule has 3 rings (SSSR count). The van der Waals surface area contributed by atoms with Crippen molar-refractivity contribution in [3.63, 3.8) is 0 Å². The summed E-state index contributed by atoms with van der Waals surface area (Å²) in [5.41, 5.74) is 7.54. The smallest absolute Gasteiger partial charge is 0.240 e. The molecule has 0 saturated heterocycles. The molecule has 0 bridgehead atoms. The number of rotatable bonds is 2. The molecule has 1 amide bonds. The summed E-state index contributed by atoms with van der Waals surface area (Å²) in [6.45, 7) is 0. The van der Waals surface area contributed by atoms with Gasteiger partial charge in [0.25, 0.3) is 0 Å². The molecule has 2 atom stereocenters. The third-order valence-corrected chi connectivity index (χ3v) is 4.44. The van der Waals surface area contributed by atoms with Gasteiger partial charge in [-0.3, -0.25) is 4.79 Å². The fraction of sp³-hybridized carbons (Fsp3) is 0.533. The second kappa shape index (κ2) is 4.62. The van der Waals surface area contributed by atoms with Gasteiger partial charge in [0.05, 0.1) is 17.7 Å². The number of aliphatic hydroxyl groups excluding tert-OH is 1. The summed E-state index contributed by atoms with van der Waals surface area (Å²) in [5.74, 6) is -0.120. The highest BCUT2D eigenvalue weighted by atomic mass is 16.3. The molecule has 102 valence electrons. The molecule has 1 aromatic carbocycles. The summed E-state index contributed by atoms with van der Waals surface area (Å²) in [6.07, 6.45) is 3.54. The van der Waals surface area contributed by atoms with Crippen LogP contribution in [0.2, 0.25) is 0 Å². The van der Waals surface area contributed by atoms with Crippen molar-refractivity contribution in [3.8, 4) is 0 Å². The number of benzene rings is 1. The molecule has 2 aliphatic carbocycles. The van der Waals surface area contributed by atoms with E-state index in [2.05, 4.69) is 5.32 Å². The van der Waals surface area contributed by atoms with Crippen molar-refractivity contribution in [2.75, 3.05) is 0 Å². The molecule has 0 radical (unpaired) electrons. The number of amides is 1. The molecule has 4 heteroatoms. The molecule has 1 fully saturated rings.